The van der Waals surface area contributed by atoms with E-state index in [1.807, 2.05) is 61.5 Å². The zero-order chi connectivity index (χ0) is 18.1. The largest absolute Gasteiger partial charge is 0.350 e. The molecule has 0 spiro atoms. The van der Waals surface area contributed by atoms with E-state index in [2.05, 4.69) is 15.4 Å². The van der Waals surface area contributed by atoms with Gasteiger partial charge in [0, 0.05) is 10.9 Å². The van der Waals surface area contributed by atoms with E-state index < -0.39 is 0 Å². The van der Waals surface area contributed by atoms with Crippen molar-refractivity contribution in [2.75, 3.05) is 5.75 Å². The van der Waals surface area contributed by atoms with Gasteiger partial charge in [0.1, 0.15) is 5.69 Å². The van der Waals surface area contributed by atoms with Crippen LogP contribution >= 0.6 is 11.8 Å². The highest BCUT2D eigenvalue weighted by Gasteiger charge is 2.31. The first kappa shape index (κ1) is 16.4. The fourth-order valence-corrected chi connectivity index (χ4v) is 3.66. The summed E-state index contributed by atoms with van der Waals surface area (Å²) < 4.78 is 0. The van der Waals surface area contributed by atoms with Crippen LogP contribution in [-0.4, -0.2) is 32.7 Å². The quantitative estimate of drug-likeness (QED) is 0.748. The Balaban J connectivity index is 1.62. The molecule has 6 nitrogen and oxygen atoms in total. The molecule has 0 aliphatic carbocycles. The number of benzene rings is 2. The lowest BCUT2D eigenvalue weighted by molar-refractivity contribution is -0.125. The predicted octanol–water partition coefficient (Wildman–Crippen LogP) is 3.38. The first-order valence-corrected chi connectivity index (χ1v) is 9.10. The summed E-state index contributed by atoms with van der Waals surface area (Å²) in [6.45, 7) is 1.88. The van der Waals surface area contributed by atoms with Crippen LogP contribution in [0.3, 0.4) is 0 Å². The van der Waals surface area contributed by atoms with Crippen LogP contribution in [0.1, 0.15) is 16.1 Å². The predicted molar refractivity (Wildman–Crippen MR) is 103 cm³/mol. The number of thioether (sulfide) groups is 1. The maximum absolute atomic E-state index is 12.7. The van der Waals surface area contributed by atoms with Crippen LogP contribution in [0.5, 0.6) is 0 Å². The second-order valence-electron chi connectivity index (χ2n) is 5.86. The highest BCUT2D eigenvalue weighted by atomic mass is 32.2. The molecule has 2 N–H and O–H groups in total. The molecule has 1 aliphatic heterocycles. The number of fused-ring (bicyclic) bond motifs is 1. The van der Waals surface area contributed by atoms with Crippen molar-refractivity contribution in [3.05, 3.63) is 65.9 Å². The van der Waals surface area contributed by atoms with Gasteiger partial charge in [-0.1, -0.05) is 48.2 Å². The summed E-state index contributed by atoms with van der Waals surface area (Å²) in [5, 5.41) is 2.67. The van der Waals surface area contributed by atoms with E-state index in [0.29, 0.717) is 10.9 Å². The van der Waals surface area contributed by atoms with Crippen LogP contribution in [0.4, 0.5) is 5.69 Å². The van der Waals surface area contributed by atoms with Gasteiger partial charge in [-0.25, -0.2) is 4.99 Å². The van der Waals surface area contributed by atoms with Crippen molar-refractivity contribution in [2.45, 2.75) is 6.92 Å². The number of amides is 2. The number of carbonyl (C=O) groups is 2. The molecule has 0 bridgehead atoms. The number of aromatic amines is 1. The van der Waals surface area contributed by atoms with Gasteiger partial charge in [0.15, 0.2) is 5.17 Å². The summed E-state index contributed by atoms with van der Waals surface area (Å²) in [5.41, 5.74) is 5.58. The van der Waals surface area contributed by atoms with Crippen molar-refractivity contribution < 1.29 is 9.59 Å². The van der Waals surface area contributed by atoms with Gasteiger partial charge in [-0.3, -0.25) is 15.0 Å². The Labute approximate surface area is 154 Å². The van der Waals surface area contributed by atoms with Crippen LogP contribution < -0.4 is 5.43 Å². The highest BCUT2D eigenvalue weighted by Crippen LogP contribution is 2.24. The first-order valence-electron chi connectivity index (χ1n) is 8.11. The van der Waals surface area contributed by atoms with Gasteiger partial charge in [0.2, 0.25) is 0 Å². The van der Waals surface area contributed by atoms with Crippen molar-refractivity contribution in [1.82, 2.24) is 15.4 Å². The Hall–Kier alpha value is -3.06. The van der Waals surface area contributed by atoms with Gasteiger partial charge in [-0.05, 0) is 30.7 Å². The second kappa shape index (κ2) is 6.68. The molecule has 0 saturated carbocycles. The normalized spacial score (nSPS) is 15.8. The van der Waals surface area contributed by atoms with E-state index in [0.717, 1.165) is 22.2 Å². The monoisotopic (exact) mass is 364 g/mol. The molecule has 0 unspecified atom stereocenters. The van der Waals surface area contributed by atoms with Crippen molar-refractivity contribution in [1.29, 1.82) is 0 Å². The molecule has 0 atom stereocenters. The Bertz CT molecular complexity index is 1030. The number of aryl methyl sites for hydroxylation is 1. The third-order valence-electron chi connectivity index (χ3n) is 4.15. The standard InChI is InChI=1S/C19H16N4O2S/c1-12-14-9-5-6-10-15(14)21-17(12)18(25)22-23-16(24)11-26-19(23)20-13-7-3-2-4-8-13/h2-10,21H,11H2,1H3,(H,22,25). The first-order chi connectivity index (χ1) is 12.6. The third kappa shape index (κ3) is 2.97. The molecule has 4 rings (SSSR count). The summed E-state index contributed by atoms with van der Waals surface area (Å²) >= 11 is 1.30. The Kier molecular flexibility index (Phi) is 4.22. The molecule has 1 aliphatic rings. The average Bonchev–Trinajstić information content (AvgIpc) is 3.17. The zero-order valence-electron chi connectivity index (χ0n) is 14.0. The second-order valence-corrected chi connectivity index (χ2v) is 6.80. The summed E-state index contributed by atoms with van der Waals surface area (Å²) in [4.78, 5) is 32.5. The minimum Gasteiger partial charge on any atom is -0.350 e. The van der Waals surface area contributed by atoms with E-state index >= 15 is 0 Å². The number of para-hydroxylation sites is 2. The molecule has 7 heteroatoms. The SMILES string of the molecule is Cc1c(C(=O)NN2C(=O)CSC2=Nc2ccccc2)[nH]c2ccccc12. The third-order valence-corrected chi connectivity index (χ3v) is 5.08. The highest BCUT2D eigenvalue weighted by molar-refractivity contribution is 8.15. The fraction of sp³-hybridized carbons (Fsp3) is 0.105. The van der Waals surface area contributed by atoms with Crippen molar-refractivity contribution >= 4 is 45.3 Å². The summed E-state index contributed by atoms with van der Waals surface area (Å²) in [6.07, 6.45) is 0. The van der Waals surface area contributed by atoms with E-state index in [9.17, 15) is 9.59 Å². The number of hydrazine groups is 1. The van der Waals surface area contributed by atoms with E-state index in [-0.39, 0.29) is 17.6 Å². The number of amidine groups is 1. The number of aromatic nitrogens is 1. The lowest BCUT2D eigenvalue weighted by Gasteiger charge is -2.16. The molecular weight excluding hydrogens is 348 g/mol. The van der Waals surface area contributed by atoms with Crippen molar-refractivity contribution in [3.8, 4) is 0 Å². The number of hydrogen-bond acceptors (Lipinski definition) is 4. The molecule has 1 fully saturated rings. The van der Waals surface area contributed by atoms with Crippen LogP contribution in [-0.2, 0) is 4.79 Å². The van der Waals surface area contributed by atoms with Crippen LogP contribution in [0.25, 0.3) is 10.9 Å². The van der Waals surface area contributed by atoms with Crippen LogP contribution in [0.2, 0.25) is 0 Å². The van der Waals surface area contributed by atoms with Gasteiger partial charge in [-0.2, -0.15) is 5.01 Å². The molecule has 1 saturated heterocycles. The molecule has 130 valence electrons. The van der Waals surface area contributed by atoms with Crippen LogP contribution in [0.15, 0.2) is 59.6 Å². The Morgan fingerprint density at radius 2 is 1.88 bits per heavy atom. The maximum Gasteiger partial charge on any atom is 0.286 e. The molecule has 1 aromatic heterocycles. The molecule has 0 radical (unpaired) electrons. The summed E-state index contributed by atoms with van der Waals surface area (Å²) in [7, 11) is 0. The molecule has 2 aromatic carbocycles. The molecular formula is C19H16N4O2S. The minimum absolute atomic E-state index is 0.202. The van der Waals surface area contributed by atoms with Gasteiger partial charge in [-0.15, -0.1) is 0 Å². The number of nitrogens with one attached hydrogen (secondary N) is 2. The molecule has 2 heterocycles. The number of H-pyrrole nitrogens is 1. The van der Waals surface area contributed by atoms with E-state index in [4.69, 9.17) is 0 Å². The minimum atomic E-state index is -0.365. The number of nitrogens with zero attached hydrogens (tertiary/aromatic N) is 2. The van der Waals surface area contributed by atoms with E-state index in [1.54, 1.807) is 0 Å². The van der Waals surface area contributed by atoms with Gasteiger partial charge in [0.05, 0.1) is 11.4 Å². The lowest BCUT2D eigenvalue weighted by atomic mass is 10.1. The van der Waals surface area contributed by atoms with Crippen molar-refractivity contribution in [3.63, 3.8) is 0 Å². The number of carbonyl (C=O) groups excluding carboxylic acids is 2. The maximum atomic E-state index is 12.7. The summed E-state index contributed by atoms with van der Waals surface area (Å²) in [6, 6.07) is 17.0. The van der Waals surface area contributed by atoms with Gasteiger partial charge < -0.3 is 4.98 Å². The Morgan fingerprint density at radius 3 is 2.65 bits per heavy atom. The zero-order valence-corrected chi connectivity index (χ0v) is 14.8. The average molecular weight is 364 g/mol. The van der Waals surface area contributed by atoms with Gasteiger partial charge >= 0.3 is 0 Å². The fourth-order valence-electron chi connectivity index (χ4n) is 2.83. The number of rotatable bonds is 3. The molecule has 26 heavy (non-hydrogen) atoms. The topological polar surface area (TPSA) is 77.6 Å². The molecule has 3 aromatic rings. The van der Waals surface area contributed by atoms with E-state index in [1.165, 1.54) is 16.8 Å². The molecule has 2 amide bonds. The van der Waals surface area contributed by atoms with Crippen molar-refractivity contribution in [2.24, 2.45) is 4.99 Å². The van der Waals surface area contributed by atoms with Crippen LogP contribution in [0, 0.1) is 6.92 Å². The summed E-state index contributed by atoms with van der Waals surface area (Å²) in [5.74, 6) is -0.320. The number of aliphatic imine (C=N–C) groups is 1. The van der Waals surface area contributed by atoms with Gasteiger partial charge in [0.25, 0.3) is 11.8 Å². The lowest BCUT2D eigenvalue weighted by Crippen LogP contribution is -2.45. The smallest absolute Gasteiger partial charge is 0.286 e. The Morgan fingerprint density at radius 1 is 1.15 bits per heavy atom. The number of hydrogen-bond donors (Lipinski definition) is 2.